The molecule has 0 radical (unpaired) electrons. The maximum Gasteiger partial charge on any atom is 0.396 e. The number of carbonyl (C=O) groups is 1. The number of carbonyl (C=O) groups excluding carboxylic acids is 1. The first kappa shape index (κ1) is 21.2. The van der Waals surface area contributed by atoms with Crippen LogP contribution in [0, 0.1) is 0 Å². The molecule has 166 valence electrons. The maximum atomic E-state index is 13.8. The zero-order chi connectivity index (χ0) is 23.2. The third-order valence-electron chi connectivity index (χ3n) is 5.32. The number of anilines is 1. The van der Waals surface area contributed by atoms with E-state index in [4.69, 9.17) is 8.83 Å². The Balaban J connectivity index is 1.82. The predicted octanol–water partition coefficient (Wildman–Crippen LogP) is 5.20. The van der Waals surface area contributed by atoms with Gasteiger partial charge >= 0.3 is 10.8 Å². The van der Waals surface area contributed by atoms with Gasteiger partial charge < -0.3 is 8.83 Å². The van der Waals surface area contributed by atoms with Crippen molar-refractivity contribution in [2.24, 2.45) is 0 Å². The quantitative estimate of drug-likeness (QED) is 0.344. The lowest BCUT2D eigenvalue weighted by Crippen LogP contribution is -2.37. The second kappa shape index (κ2) is 8.02. The summed E-state index contributed by atoms with van der Waals surface area (Å²) in [4.78, 5) is 24.9. The minimum absolute atomic E-state index is 0.0378. The molecule has 0 atom stereocenters. The number of benzene rings is 3. The Bertz CT molecular complexity index is 1650. The summed E-state index contributed by atoms with van der Waals surface area (Å²) >= 11 is 0.841. The van der Waals surface area contributed by atoms with Crippen molar-refractivity contribution >= 4 is 54.0 Å². The number of rotatable bonds is 5. The van der Waals surface area contributed by atoms with Crippen LogP contribution in [-0.2, 0) is 16.4 Å². The second-order valence-corrected chi connectivity index (χ2v) is 10.0. The van der Waals surface area contributed by atoms with Gasteiger partial charge in [-0.1, -0.05) is 54.7 Å². The van der Waals surface area contributed by atoms with Crippen molar-refractivity contribution in [3.63, 3.8) is 0 Å². The lowest BCUT2D eigenvalue weighted by Gasteiger charge is -2.23. The second-order valence-electron chi connectivity index (χ2n) is 7.27. The number of amides is 1. The van der Waals surface area contributed by atoms with E-state index in [0.29, 0.717) is 21.1 Å². The van der Waals surface area contributed by atoms with Gasteiger partial charge in [-0.2, -0.15) is 4.31 Å². The summed E-state index contributed by atoms with van der Waals surface area (Å²) in [5.41, 5.74) is 1.42. The zero-order valence-corrected chi connectivity index (χ0v) is 19.0. The number of aryl methyl sites for hydroxylation is 1. The van der Waals surface area contributed by atoms with Crippen molar-refractivity contribution in [2.75, 3.05) is 4.31 Å². The van der Waals surface area contributed by atoms with Crippen LogP contribution in [0.25, 0.3) is 21.1 Å². The van der Waals surface area contributed by atoms with Gasteiger partial charge in [0.1, 0.15) is 0 Å². The first-order chi connectivity index (χ1) is 15.9. The molecule has 0 unspecified atom stereocenters. The van der Waals surface area contributed by atoms with Gasteiger partial charge in [0.2, 0.25) is 0 Å². The van der Waals surface area contributed by atoms with E-state index in [9.17, 15) is 18.0 Å². The average Bonchev–Trinajstić information content (AvgIpc) is 3.48. The van der Waals surface area contributed by atoms with E-state index in [1.165, 1.54) is 36.6 Å². The summed E-state index contributed by atoms with van der Waals surface area (Å²) in [5, 5.41) is 0.970. The SMILES string of the molecule is CCc1ccc(S(=O)(=O)N(C(=O)c2ccco2)c2cc3sc(=O)oc3c3ccccc23)cc1. The third kappa shape index (κ3) is 3.55. The van der Waals surface area contributed by atoms with Gasteiger partial charge in [0, 0.05) is 10.8 Å². The molecule has 3 aromatic carbocycles. The summed E-state index contributed by atoms with van der Waals surface area (Å²) in [5.74, 6) is -0.978. The fraction of sp³-hybridized carbons (Fsp3) is 0.0833. The number of hydrogen-bond acceptors (Lipinski definition) is 7. The highest BCUT2D eigenvalue weighted by Gasteiger charge is 2.35. The Kier molecular flexibility index (Phi) is 5.15. The number of hydrogen-bond donors (Lipinski definition) is 0. The molecular weight excluding hydrogens is 462 g/mol. The van der Waals surface area contributed by atoms with Gasteiger partial charge in [-0.25, -0.2) is 13.2 Å². The van der Waals surface area contributed by atoms with Crippen LogP contribution in [0.15, 0.2) is 91.5 Å². The summed E-state index contributed by atoms with van der Waals surface area (Å²) in [6.07, 6.45) is 2.05. The van der Waals surface area contributed by atoms with Crippen molar-refractivity contribution in [3.05, 3.63) is 94.1 Å². The van der Waals surface area contributed by atoms with E-state index in [2.05, 4.69) is 0 Å². The Morgan fingerprint density at radius 1 is 1.00 bits per heavy atom. The fourth-order valence-electron chi connectivity index (χ4n) is 3.70. The monoisotopic (exact) mass is 479 g/mol. The molecule has 0 saturated carbocycles. The van der Waals surface area contributed by atoms with Gasteiger partial charge in [-0.05, 0) is 42.3 Å². The fourth-order valence-corrected chi connectivity index (χ4v) is 5.83. The standard InChI is InChI=1S/C24H17NO6S2/c1-2-15-9-11-16(12-10-15)33(28,29)25(23(26)20-8-5-13-30-20)19-14-21-22(31-24(27)32-21)18-7-4-3-6-17(18)19/h3-14H,2H2,1H3. The normalized spacial score (nSPS) is 11.8. The Morgan fingerprint density at radius 3 is 2.39 bits per heavy atom. The number of furan rings is 1. The molecule has 0 N–H and O–H groups in total. The summed E-state index contributed by atoms with van der Waals surface area (Å²) in [6.45, 7) is 1.97. The molecule has 0 aliphatic rings. The topological polar surface area (TPSA) is 97.8 Å². The predicted molar refractivity (Wildman–Crippen MR) is 126 cm³/mol. The Hall–Kier alpha value is -3.69. The van der Waals surface area contributed by atoms with Crippen LogP contribution >= 0.6 is 11.3 Å². The largest absolute Gasteiger partial charge is 0.459 e. The van der Waals surface area contributed by atoms with Crippen LogP contribution in [0.3, 0.4) is 0 Å². The molecule has 0 saturated heterocycles. The molecule has 5 rings (SSSR count). The first-order valence-corrected chi connectivity index (χ1v) is 12.3. The van der Waals surface area contributed by atoms with E-state index in [0.717, 1.165) is 27.6 Å². The van der Waals surface area contributed by atoms with Crippen LogP contribution in [0.1, 0.15) is 23.0 Å². The number of sulfonamides is 1. The highest BCUT2D eigenvalue weighted by atomic mass is 32.2. The van der Waals surface area contributed by atoms with Crippen LogP contribution in [0.4, 0.5) is 5.69 Å². The highest BCUT2D eigenvalue weighted by molar-refractivity contribution is 7.93. The molecule has 0 spiro atoms. The molecule has 1 amide bonds. The van der Waals surface area contributed by atoms with E-state index in [-0.39, 0.29) is 16.3 Å². The first-order valence-electron chi connectivity index (χ1n) is 10.1. The van der Waals surface area contributed by atoms with E-state index in [1.54, 1.807) is 36.4 Å². The molecule has 0 aliphatic carbocycles. The molecule has 0 bridgehead atoms. The minimum Gasteiger partial charge on any atom is -0.459 e. The zero-order valence-electron chi connectivity index (χ0n) is 17.3. The molecule has 0 fully saturated rings. The van der Waals surface area contributed by atoms with Gasteiger partial charge in [-0.15, -0.1) is 0 Å². The van der Waals surface area contributed by atoms with Crippen molar-refractivity contribution in [1.29, 1.82) is 0 Å². The van der Waals surface area contributed by atoms with Crippen molar-refractivity contribution < 1.29 is 22.0 Å². The van der Waals surface area contributed by atoms with E-state index < -0.39 is 20.9 Å². The van der Waals surface area contributed by atoms with Gasteiger partial charge in [0.15, 0.2) is 11.3 Å². The van der Waals surface area contributed by atoms with Crippen LogP contribution in [0.5, 0.6) is 0 Å². The summed E-state index contributed by atoms with van der Waals surface area (Å²) in [7, 11) is -4.34. The summed E-state index contributed by atoms with van der Waals surface area (Å²) in [6, 6.07) is 17.7. The molecule has 2 aromatic heterocycles. The average molecular weight is 480 g/mol. The minimum atomic E-state index is -4.34. The van der Waals surface area contributed by atoms with Crippen molar-refractivity contribution in [2.45, 2.75) is 18.2 Å². The Labute approximate surface area is 192 Å². The van der Waals surface area contributed by atoms with Crippen molar-refractivity contribution in [3.8, 4) is 0 Å². The van der Waals surface area contributed by atoms with Gasteiger partial charge in [0.25, 0.3) is 10.0 Å². The van der Waals surface area contributed by atoms with Crippen molar-refractivity contribution in [1.82, 2.24) is 0 Å². The molecule has 5 aromatic rings. The Morgan fingerprint density at radius 2 is 1.73 bits per heavy atom. The molecular formula is C24H17NO6S2. The number of nitrogens with zero attached hydrogens (tertiary/aromatic N) is 1. The molecule has 0 aliphatic heterocycles. The number of fused-ring (bicyclic) bond motifs is 3. The highest BCUT2D eigenvalue weighted by Crippen LogP contribution is 2.38. The maximum absolute atomic E-state index is 13.8. The van der Waals surface area contributed by atoms with E-state index in [1.807, 2.05) is 6.92 Å². The van der Waals surface area contributed by atoms with Crippen LogP contribution in [-0.4, -0.2) is 14.3 Å². The van der Waals surface area contributed by atoms with Crippen LogP contribution < -0.4 is 9.24 Å². The van der Waals surface area contributed by atoms with Gasteiger partial charge in [-0.3, -0.25) is 4.79 Å². The van der Waals surface area contributed by atoms with Gasteiger partial charge in [0.05, 0.1) is 21.5 Å². The summed E-state index contributed by atoms with van der Waals surface area (Å²) < 4.78 is 39.4. The molecule has 9 heteroatoms. The molecule has 2 heterocycles. The lowest BCUT2D eigenvalue weighted by molar-refractivity contribution is 0.0979. The smallest absolute Gasteiger partial charge is 0.396 e. The van der Waals surface area contributed by atoms with Crippen LogP contribution in [0.2, 0.25) is 0 Å². The van der Waals surface area contributed by atoms with E-state index >= 15 is 0 Å². The lowest BCUT2D eigenvalue weighted by atomic mass is 10.1. The molecule has 7 nitrogen and oxygen atoms in total. The third-order valence-corrected chi connectivity index (χ3v) is 7.81. The molecule has 33 heavy (non-hydrogen) atoms.